The number of nitrogens with two attached hydrogens (primary N) is 1. The van der Waals surface area contributed by atoms with Crippen LogP contribution in [0.2, 0.25) is 0 Å². The summed E-state index contributed by atoms with van der Waals surface area (Å²) in [5, 5.41) is 74.4. The number of nitrogens with one attached hydrogen (secondary N) is 4. The lowest BCUT2D eigenvalue weighted by Crippen LogP contribution is -2.24. The van der Waals surface area contributed by atoms with Crippen LogP contribution in [0.15, 0.2) is 116 Å². The lowest BCUT2D eigenvalue weighted by Gasteiger charge is -2.28. The maximum atomic E-state index is 14.6. The van der Waals surface area contributed by atoms with Crippen LogP contribution < -0.4 is 11.1 Å². The van der Waals surface area contributed by atoms with E-state index in [1.165, 1.54) is 61.5 Å². The predicted octanol–water partition coefficient (Wildman–Crippen LogP) is 13.0. The number of rotatable bonds is 18. The quantitative estimate of drug-likeness (QED) is 0.0167. The number of hydrogen-bond acceptors (Lipinski definition) is 25. The monoisotopic (exact) mass is 1620 g/mol. The average Bonchev–Trinajstić information content (AvgIpc) is 1.71. The summed E-state index contributed by atoms with van der Waals surface area (Å²) in [6.45, 7) is 6.01. The number of aromatic nitrogens is 16. The van der Waals surface area contributed by atoms with Gasteiger partial charge in [-0.05, 0) is 123 Å². The number of nitrogen functional groups attached to an aromatic ring is 1. The number of carboxylic acid groups (broad SMARTS) is 3. The summed E-state index contributed by atoms with van der Waals surface area (Å²) in [4.78, 5) is 71.1. The van der Waals surface area contributed by atoms with E-state index < -0.39 is 47.3 Å². The summed E-state index contributed by atoms with van der Waals surface area (Å²) in [7, 11) is 0.642. The topological polar surface area (TPSA) is 426 Å². The van der Waals surface area contributed by atoms with E-state index in [9.17, 15) is 36.7 Å². The molecule has 1 aliphatic heterocycles. The smallest absolute Gasteiger partial charge is 0.536 e. The van der Waals surface area contributed by atoms with Crippen LogP contribution in [-0.4, -0.2) is 170 Å². The summed E-state index contributed by atoms with van der Waals surface area (Å²) < 4.78 is 75.6. The fraction of sp³-hybridized carbons (Fsp3) is 0.270. The molecule has 0 atom stereocenters. The number of aromatic carboxylic acids is 3. The number of carbonyl (C=O) groups is 4. The van der Waals surface area contributed by atoms with Gasteiger partial charge in [0.15, 0.2) is 32.6 Å². The van der Waals surface area contributed by atoms with Gasteiger partial charge in [0.05, 0.1) is 67.0 Å². The van der Waals surface area contributed by atoms with Gasteiger partial charge >= 0.3 is 25.6 Å². The molecule has 2 aliphatic carbocycles. The van der Waals surface area contributed by atoms with E-state index in [-0.39, 0.29) is 81.8 Å². The number of aromatic amines is 3. The summed E-state index contributed by atoms with van der Waals surface area (Å²) >= 11 is 12.7. The van der Waals surface area contributed by atoms with E-state index >= 15 is 0 Å². The normalized spacial score (nSPS) is 15.3. The second kappa shape index (κ2) is 41.5. The number of aliphatic imine (C=N–C) groups is 1. The Morgan fingerprint density at radius 1 is 0.648 bits per heavy atom. The van der Waals surface area contributed by atoms with Gasteiger partial charge in [0, 0.05) is 87.8 Å². The number of ether oxygens (including phenoxy) is 2. The fourth-order valence-electron chi connectivity index (χ4n) is 9.85. The molecular formula is C63H62BBrCl2F4N19O11S4. The van der Waals surface area contributed by atoms with Crippen molar-refractivity contribution in [3.05, 3.63) is 157 Å². The van der Waals surface area contributed by atoms with Crippen molar-refractivity contribution in [3.63, 3.8) is 0 Å². The zero-order chi connectivity index (χ0) is 74.7. The van der Waals surface area contributed by atoms with Crippen molar-refractivity contribution in [3.8, 4) is 66.3 Å². The minimum Gasteiger partial charge on any atom is -0.536 e. The highest BCUT2D eigenvalue weighted by atomic mass is 79.9. The molecule has 105 heavy (non-hydrogen) atoms. The molecule has 42 heteroatoms. The van der Waals surface area contributed by atoms with Gasteiger partial charge in [-0.2, -0.15) is 34.3 Å². The second-order valence-corrected chi connectivity index (χ2v) is 26.3. The first-order chi connectivity index (χ1) is 50.2. The van der Waals surface area contributed by atoms with E-state index in [1.807, 2.05) is 13.8 Å². The van der Waals surface area contributed by atoms with Crippen LogP contribution in [0.5, 0.6) is 0 Å². The lowest BCUT2D eigenvalue weighted by atomic mass is 9.93. The molecule has 2 fully saturated rings. The van der Waals surface area contributed by atoms with Crippen molar-refractivity contribution >= 4 is 134 Å². The predicted molar refractivity (Wildman–Crippen MR) is 391 cm³/mol. The van der Waals surface area contributed by atoms with Crippen LogP contribution in [0.1, 0.15) is 119 Å². The first-order valence-corrected chi connectivity index (χ1v) is 35.5. The number of amides is 1. The number of nitrogens with zero attached hydrogens (tertiary/aromatic N) is 14. The summed E-state index contributed by atoms with van der Waals surface area (Å²) in [6.07, 6.45) is 28.5. The average molecular weight is 1630 g/mol. The van der Waals surface area contributed by atoms with Crippen LogP contribution in [-0.2, 0) is 14.1 Å². The van der Waals surface area contributed by atoms with Gasteiger partial charge in [0.25, 0.3) is 5.91 Å². The van der Waals surface area contributed by atoms with Crippen LogP contribution in [0.4, 0.5) is 28.9 Å². The Balaban J connectivity index is 0.000000189. The number of hydrogen-bond donors (Lipinski definition) is 9. The third-order valence-electron chi connectivity index (χ3n) is 14.6. The Morgan fingerprint density at radius 3 is 1.45 bits per heavy atom. The second-order valence-electron chi connectivity index (χ2n) is 21.3. The fourth-order valence-corrected chi connectivity index (χ4v) is 13.2. The molecule has 0 unspecified atom stereocenters. The van der Waals surface area contributed by atoms with Crippen LogP contribution in [0, 0.1) is 35.3 Å². The Labute approximate surface area is 630 Å². The number of anilines is 2. The Morgan fingerprint density at radius 2 is 1.07 bits per heavy atom. The summed E-state index contributed by atoms with van der Waals surface area (Å²) in [6, 6.07) is 4.17. The van der Waals surface area contributed by atoms with Crippen molar-refractivity contribution in [2.75, 3.05) is 30.8 Å². The molecular weight excluding hydrogens is 1560 g/mol. The first kappa shape index (κ1) is 82.3. The van der Waals surface area contributed by atoms with E-state index in [1.54, 1.807) is 82.0 Å². The van der Waals surface area contributed by atoms with Gasteiger partial charge < -0.3 is 45.5 Å². The number of allylic oxidation sites excluding steroid dienone is 1. The van der Waals surface area contributed by atoms with E-state index in [2.05, 4.69) is 120 Å². The van der Waals surface area contributed by atoms with Gasteiger partial charge in [-0.1, -0.05) is 0 Å². The SMILES string of the molecule is C#CCl.CCOC1CCC(n2cc(N)c(-c3nc(F)ccc3F)n2)CC1.CCOC1CCC(n2cc(NC(=O)c3csc(-c4cn[nH]c4)n3)c(-c3nc(F)ccc3F)n2)CC1.Cl.O=C(O)c1csc(-c2cn[nH]c2)n1.O=C(O)c1csc(-c2cn[nH]c2)n1.O=C(O)c1csc(Br)n1.O[B]OC1=CCN=C1. The highest BCUT2D eigenvalue weighted by Gasteiger charge is 2.29. The van der Waals surface area contributed by atoms with Crippen molar-refractivity contribution in [2.45, 2.75) is 89.5 Å². The Hall–Kier alpha value is -9.96. The van der Waals surface area contributed by atoms with Gasteiger partial charge in [-0.15, -0.1) is 64.2 Å². The number of pyridine rings is 2. The molecule has 1 amide bonds. The minimum atomic E-state index is -1.01. The van der Waals surface area contributed by atoms with Crippen LogP contribution >= 0.6 is 85.3 Å². The maximum absolute atomic E-state index is 14.6. The van der Waals surface area contributed by atoms with Crippen LogP contribution in [0.25, 0.3) is 54.5 Å². The van der Waals surface area contributed by atoms with Crippen molar-refractivity contribution < 1.29 is 71.2 Å². The molecule has 0 bridgehead atoms. The molecule has 0 saturated heterocycles. The molecule has 551 valence electrons. The number of thiazole rings is 4. The minimum absolute atomic E-state index is 0. The molecule has 12 heterocycles. The Kier molecular flexibility index (Phi) is 32.6. The molecule has 2 saturated carbocycles. The number of carboxylic acids is 3. The standard InChI is InChI=1S/C23H23F2N7O2S.C16H20F2N4O.2C7H5N3O2S.C4H5BNO2.C4H2BrNO2S.C2HCl.ClH/c1-2-34-15-5-3-14(4-6-15)32-11-17(21(31-32)20-16(24)7-8-19(25)30-20)28-22(33)18-12-35-23(29-18)13-9-26-27-10-13;1-2-23-11-5-3-10(4-6-11)22-9-13(19)16(21-22)15-12(17)7-8-14(18)20-15;2*11-7(12)5-3-13-6(10-5)4-1-8-9-2-4;7-5-8-4-1-2-6-3-4;5-4-6-2(1-9-4)3(7)8;1-2-3;/h7-12,14-15H,2-6H2,1H3,(H,26,27)(H,28,33);7-11H,2-6,19H2,1H3;2*1-3H,(H,8,9)(H,11,12);1,3,7H,2H2;1H,(H,7,8);1H;1H. The molecule has 11 aromatic rings. The lowest BCUT2D eigenvalue weighted by molar-refractivity contribution is 0.0258. The molecule has 10 N–H and O–H groups in total. The highest BCUT2D eigenvalue weighted by molar-refractivity contribution is 9.11. The largest absolute Gasteiger partial charge is 0.569 e. The molecule has 0 aromatic carbocycles. The zero-order valence-corrected chi connectivity index (χ0v) is 61.4. The number of halogens is 7. The van der Waals surface area contributed by atoms with Gasteiger partial charge in [0.1, 0.15) is 49.3 Å². The molecule has 14 rings (SSSR count). The first-order valence-electron chi connectivity index (χ1n) is 30.9. The van der Waals surface area contributed by atoms with Crippen molar-refractivity contribution in [2.24, 2.45) is 4.99 Å². The number of H-pyrrole nitrogens is 3. The molecule has 0 spiro atoms. The van der Waals surface area contributed by atoms with E-state index in [0.717, 1.165) is 98.9 Å². The zero-order valence-electron chi connectivity index (χ0n) is 54.9. The molecule has 3 aliphatic rings. The van der Waals surface area contributed by atoms with Gasteiger partial charge in [-0.3, -0.25) is 34.4 Å². The highest BCUT2D eigenvalue weighted by Crippen LogP contribution is 2.37. The van der Waals surface area contributed by atoms with Crippen molar-refractivity contribution in [1.29, 1.82) is 0 Å². The summed E-state index contributed by atoms with van der Waals surface area (Å²) in [5.74, 6) is -5.86. The third-order valence-corrected chi connectivity index (χ3v) is 18.6. The number of carbonyl (C=O) groups excluding carboxylic acids is 1. The van der Waals surface area contributed by atoms with E-state index in [4.69, 9.17) is 35.6 Å². The van der Waals surface area contributed by atoms with Crippen molar-refractivity contribution in [1.82, 2.24) is 80.1 Å². The third kappa shape index (κ3) is 24.3. The summed E-state index contributed by atoms with van der Waals surface area (Å²) in [5.41, 5.74) is 9.10. The number of terminal acetylenes is 1. The maximum Gasteiger partial charge on any atom is 0.569 e. The van der Waals surface area contributed by atoms with Gasteiger partial charge in [-0.25, -0.2) is 53.1 Å². The Bertz CT molecular complexity index is 4590. The van der Waals surface area contributed by atoms with Gasteiger partial charge in [0.2, 0.25) is 11.9 Å². The molecule has 1 radical (unpaired) electrons. The molecule has 30 nitrogen and oxygen atoms in total. The van der Waals surface area contributed by atoms with Crippen LogP contribution in [0.3, 0.4) is 0 Å². The molecule has 11 aromatic heterocycles. The van der Waals surface area contributed by atoms with E-state index in [0.29, 0.717) is 57.3 Å².